The van der Waals surface area contributed by atoms with E-state index in [2.05, 4.69) is 77.2 Å². The number of benzene rings is 2. The fourth-order valence-corrected chi connectivity index (χ4v) is 4.18. The molecule has 2 aromatic carbocycles. The van der Waals surface area contributed by atoms with E-state index < -0.39 is 5.91 Å². The van der Waals surface area contributed by atoms with Gasteiger partial charge in [-0.3, -0.25) is 0 Å². The van der Waals surface area contributed by atoms with Gasteiger partial charge in [-0.1, -0.05) is 76.2 Å². The Balaban J connectivity index is 2.53. The van der Waals surface area contributed by atoms with Crippen molar-refractivity contribution in [1.29, 1.82) is 0 Å². The normalized spacial score (nSPS) is 14.3. The van der Waals surface area contributed by atoms with Crippen LogP contribution in [0, 0.1) is 17.8 Å². The largest absolute Gasteiger partial charge is 0.449 e. The number of hydrogen-bond acceptors (Lipinski definition) is 3. The third kappa shape index (κ3) is 6.85. The minimum atomic E-state index is -0.927. The van der Waals surface area contributed by atoms with E-state index in [4.69, 9.17) is 9.47 Å². The van der Waals surface area contributed by atoms with Gasteiger partial charge in [0.05, 0.1) is 0 Å². The monoisotopic (exact) mass is 411 g/mol. The van der Waals surface area contributed by atoms with Gasteiger partial charge in [-0.15, -0.1) is 0 Å². The van der Waals surface area contributed by atoms with Crippen molar-refractivity contribution < 1.29 is 9.47 Å². The Labute approximate surface area is 184 Å². The highest BCUT2D eigenvalue weighted by Gasteiger charge is 2.46. The Bertz CT molecular complexity index is 717. The smallest absolute Gasteiger partial charge is 0.274 e. The maximum atomic E-state index is 6.73. The summed E-state index contributed by atoms with van der Waals surface area (Å²) < 4.78 is 13.3. The van der Waals surface area contributed by atoms with E-state index in [-0.39, 0.29) is 11.5 Å². The van der Waals surface area contributed by atoms with Crippen LogP contribution in [-0.4, -0.2) is 12.5 Å². The first-order valence-corrected chi connectivity index (χ1v) is 11.4. The number of ether oxygens (including phenoxy) is 2. The Morgan fingerprint density at radius 1 is 0.800 bits per heavy atom. The standard InChI is InChI=1S/C27H41NO2/c1-8-29-27(30-25-17-13-10-14-18-25,24(19-21(2)3)20-22(4)5)28-26(6,7)23-15-11-9-12-16-23/h9-18,21-22,24,28H,8,19-20H2,1-7H3. The van der Waals surface area contributed by atoms with Crippen LogP contribution < -0.4 is 10.1 Å². The molecule has 1 unspecified atom stereocenters. The molecule has 166 valence electrons. The molecule has 0 saturated heterocycles. The highest BCUT2D eigenvalue weighted by Crippen LogP contribution is 2.37. The number of hydrogen-bond donors (Lipinski definition) is 1. The van der Waals surface area contributed by atoms with Gasteiger partial charge >= 0.3 is 0 Å². The van der Waals surface area contributed by atoms with Crippen molar-refractivity contribution in [3.05, 3.63) is 66.2 Å². The van der Waals surface area contributed by atoms with E-state index in [0.717, 1.165) is 18.6 Å². The van der Waals surface area contributed by atoms with Crippen molar-refractivity contribution in [3.8, 4) is 5.75 Å². The zero-order chi connectivity index (χ0) is 22.2. The summed E-state index contributed by atoms with van der Waals surface area (Å²) in [6.45, 7) is 16.1. The second kappa shape index (κ2) is 11.0. The van der Waals surface area contributed by atoms with Crippen molar-refractivity contribution in [1.82, 2.24) is 5.32 Å². The van der Waals surface area contributed by atoms with Gasteiger partial charge in [0.25, 0.3) is 5.91 Å². The molecule has 30 heavy (non-hydrogen) atoms. The molecule has 0 radical (unpaired) electrons. The van der Waals surface area contributed by atoms with E-state index in [0.29, 0.717) is 18.4 Å². The van der Waals surface area contributed by atoms with Crippen LogP contribution in [0.25, 0.3) is 0 Å². The molecule has 1 atom stereocenters. The van der Waals surface area contributed by atoms with Crippen molar-refractivity contribution >= 4 is 0 Å². The van der Waals surface area contributed by atoms with Crippen LogP contribution in [0.1, 0.15) is 66.9 Å². The summed E-state index contributed by atoms with van der Waals surface area (Å²) in [6, 6.07) is 20.6. The lowest BCUT2D eigenvalue weighted by atomic mass is 9.84. The molecular weight excluding hydrogens is 370 g/mol. The molecular formula is C27H41NO2. The third-order valence-corrected chi connectivity index (χ3v) is 5.40. The Morgan fingerprint density at radius 3 is 1.77 bits per heavy atom. The first kappa shape index (κ1) is 24.4. The van der Waals surface area contributed by atoms with Crippen LogP contribution in [0.4, 0.5) is 0 Å². The van der Waals surface area contributed by atoms with Gasteiger partial charge in [0.15, 0.2) is 0 Å². The van der Waals surface area contributed by atoms with Gasteiger partial charge in [-0.05, 0) is 63.1 Å². The average molecular weight is 412 g/mol. The lowest BCUT2D eigenvalue weighted by Crippen LogP contribution is -2.63. The van der Waals surface area contributed by atoms with Gasteiger partial charge in [0.1, 0.15) is 5.75 Å². The van der Waals surface area contributed by atoms with Gasteiger partial charge in [-0.25, -0.2) is 5.32 Å². The Morgan fingerprint density at radius 2 is 1.30 bits per heavy atom. The number of rotatable bonds is 12. The second-order valence-corrected chi connectivity index (χ2v) is 9.59. The fourth-order valence-electron chi connectivity index (χ4n) is 4.18. The SMILES string of the molecule is CCOC(NC(C)(C)c1ccccc1)(Oc1ccccc1)C(CC(C)C)CC(C)C. The van der Waals surface area contributed by atoms with Crippen LogP contribution in [0.5, 0.6) is 5.75 Å². The van der Waals surface area contributed by atoms with Crippen LogP contribution in [-0.2, 0) is 10.3 Å². The minimum absolute atomic E-state index is 0.195. The third-order valence-electron chi connectivity index (χ3n) is 5.40. The van der Waals surface area contributed by atoms with E-state index in [1.54, 1.807) is 0 Å². The average Bonchev–Trinajstić information content (AvgIpc) is 2.68. The summed E-state index contributed by atoms with van der Waals surface area (Å²) in [4.78, 5) is 0. The summed E-state index contributed by atoms with van der Waals surface area (Å²) >= 11 is 0. The number of nitrogens with one attached hydrogen (secondary N) is 1. The van der Waals surface area contributed by atoms with E-state index in [9.17, 15) is 0 Å². The minimum Gasteiger partial charge on any atom is -0.449 e. The summed E-state index contributed by atoms with van der Waals surface area (Å²) in [5.74, 6) is 1.16. The Hall–Kier alpha value is -1.84. The lowest BCUT2D eigenvalue weighted by Gasteiger charge is -2.46. The molecule has 0 aliphatic rings. The lowest BCUT2D eigenvalue weighted by molar-refractivity contribution is -0.253. The summed E-state index contributed by atoms with van der Waals surface area (Å²) in [6.07, 6.45) is 2.03. The number of para-hydroxylation sites is 1. The van der Waals surface area contributed by atoms with E-state index in [1.165, 1.54) is 5.56 Å². The zero-order valence-electron chi connectivity index (χ0n) is 19.9. The molecule has 3 nitrogen and oxygen atoms in total. The van der Waals surface area contributed by atoms with Crippen molar-refractivity contribution in [2.75, 3.05) is 6.61 Å². The van der Waals surface area contributed by atoms with Crippen LogP contribution in [0.2, 0.25) is 0 Å². The molecule has 0 fully saturated rings. The molecule has 0 bridgehead atoms. The van der Waals surface area contributed by atoms with Crippen LogP contribution in [0.15, 0.2) is 60.7 Å². The highest BCUT2D eigenvalue weighted by molar-refractivity contribution is 5.25. The van der Waals surface area contributed by atoms with Gasteiger partial charge in [0, 0.05) is 18.1 Å². The molecule has 0 aliphatic carbocycles. The molecule has 0 aliphatic heterocycles. The molecule has 1 N–H and O–H groups in total. The molecule has 3 heteroatoms. The first-order valence-electron chi connectivity index (χ1n) is 11.4. The second-order valence-electron chi connectivity index (χ2n) is 9.59. The van der Waals surface area contributed by atoms with Gasteiger partial charge in [-0.2, -0.15) is 0 Å². The highest BCUT2D eigenvalue weighted by atomic mass is 16.7. The quantitative estimate of drug-likeness (QED) is 0.382. The summed E-state index contributed by atoms with van der Waals surface area (Å²) in [7, 11) is 0. The molecule has 0 aromatic heterocycles. The van der Waals surface area contributed by atoms with Crippen molar-refractivity contribution in [2.45, 2.75) is 72.8 Å². The zero-order valence-corrected chi connectivity index (χ0v) is 19.9. The fraction of sp³-hybridized carbons (Fsp3) is 0.556. The molecule has 2 aromatic rings. The predicted molar refractivity (Wildman–Crippen MR) is 126 cm³/mol. The summed E-state index contributed by atoms with van der Waals surface area (Å²) in [5, 5.41) is 3.84. The molecule has 2 rings (SSSR count). The molecule has 0 spiro atoms. The van der Waals surface area contributed by atoms with Crippen LogP contribution in [0.3, 0.4) is 0 Å². The molecule has 0 heterocycles. The molecule has 0 amide bonds. The molecule has 0 saturated carbocycles. The van der Waals surface area contributed by atoms with Gasteiger partial charge in [0.2, 0.25) is 0 Å². The van der Waals surface area contributed by atoms with Gasteiger partial charge < -0.3 is 9.47 Å². The Kier molecular flexibility index (Phi) is 8.93. The van der Waals surface area contributed by atoms with E-state index in [1.807, 2.05) is 37.3 Å². The predicted octanol–water partition coefficient (Wildman–Crippen LogP) is 6.99. The maximum Gasteiger partial charge on any atom is 0.274 e. The van der Waals surface area contributed by atoms with Crippen LogP contribution >= 0.6 is 0 Å². The van der Waals surface area contributed by atoms with Crippen molar-refractivity contribution in [3.63, 3.8) is 0 Å². The maximum absolute atomic E-state index is 6.73. The van der Waals surface area contributed by atoms with Crippen molar-refractivity contribution in [2.24, 2.45) is 17.8 Å². The first-order chi connectivity index (χ1) is 14.2. The van der Waals surface area contributed by atoms with E-state index >= 15 is 0 Å². The topological polar surface area (TPSA) is 30.5 Å². The summed E-state index contributed by atoms with van der Waals surface area (Å²) in [5.41, 5.74) is 0.871.